The maximum absolute atomic E-state index is 12.2. The predicted octanol–water partition coefficient (Wildman–Crippen LogP) is 2.78. The molecule has 0 bridgehead atoms. The third kappa shape index (κ3) is 5.06. The molecule has 0 aliphatic carbocycles. The number of aliphatic hydroxyl groups excluding tert-OH is 1. The maximum Gasteiger partial charge on any atom is 0.251 e. The first-order chi connectivity index (χ1) is 11.6. The number of nitrogens with one attached hydrogen (secondary N) is 1. The van der Waals surface area contributed by atoms with Gasteiger partial charge in [0.2, 0.25) is 0 Å². The molecule has 5 nitrogen and oxygen atoms in total. The van der Waals surface area contributed by atoms with E-state index in [0.717, 1.165) is 25.1 Å². The van der Waals surface area contributed by atoms with Gasteiger partial charge in [0.1, 0.15) is 0 Å². The van der Waals surface area contributed by atoms with Crippen molar-refractivity contribution in [1.29, 1.82) is 0 Å². The summed E-state index contributed by atoms with van der Waals surface area (Å²) in [5.74, 6) is -0.194. The number of anilines is 1. The van der Waals surface area contributed by atoms with Crippen LogP contribution in [0.15, 0.2) is 48.8 Å². The first kappa shape index (κ1) is 17.9. The molecule has 0 saturated heterocycles. The van der Waals surface area contributed by atoms with Gasteiger partial charge < -0.3 is 15.3 Å². The number of benzene rings is 1. The number of amides is 1. The summed E-state index contributed by atoms with van der Waals surface area (Å²) in [6, 6.07) is 11.1. The second-order valence-corrected chi connectivity index (χ2v) is 5.83. The molecule has 2 N–H and O–H groups in total. The highest BCUT2D eigenvalue weighted by Gasteiger charge is 2.11. The van der Waals surface area contributed by atoms with Crippen molar-refractivity contribution in [3.63, 3.8) is 0 Å². The molecule has 1 heterocycles. The lowest BCUT2D eigenvalue weighted by Crippen LogP contribution is -2.28. The molecule has 0 aliphatic heterocycles. The SMILES string of the molecule is CCCCN(C)c1ccc(C(=O)NCC(O)c2cccnc2)cc1. The van der Waals surface area contributed by atoms with E-state index in [9.17, 15) is 9.90 Å². The van der Waals surface area contributed by atoms with Crippen LogP contribution in [0.2, 0.25) is 0 Å². The Morgan fingerprint density at radius 3 is 2.67 bits per heavy atom. The summed E-state index contributed by atoms with van der Waals surface area (Å²) in [6.45, 7) is 3.32. The van der Waals surface area contributed by atoms with Crippen molar-refractivity contribution in [1.82, 2.24) is 10.3 Å². The smallest absolute Gasteiger partial charge is 0.251 e. The number of carbonyl (C=O) groups excluding carboxylic acids is 1. The summed E-state index contributed by atoms with van der Waals surface area (Å²) in [7, 11) is 2.05. The third-order valence-corrected chi connectivity index (χ3v) is 3.94. The Morgan fingerprint density at radius 1 is 1.29 bits per heavy atom. The lowest BCUT2D eigenvalue weighted by atomic mass is 10.1. The van der Waals surface area contributed by atoms with Crippen molar-refractivity contribution in [3.05, 3.63) is 59.9 Å². The summed E-state index contributed by atoms with van der Waals surface area (Å²) >= 11 is 0. The number of aliphatic hydroxyl groups is 1. The molecule has 5 heteroatoms. The fourth-order valence-corrected chi connectivity index (χ4v) is 2.37. The molecule has 0 fully saturated rings. The highest BCUT2D eigenvalue weighted by molar-refractivity contribution is 5.94. The number of carbonyl (C=O) groups is 1. The molecule has 2 rings (SSSR count). The van der Waals surface area contributed by atoms with Crippen LogP contribution in [-0.4, -0.2) is 36.1 Å². The topological polar surface area (TPSA) is 65.5 Å². The van der Waals surface area contributed by atoms with Crippen LogP contribution in [0, 0.1) is 0 Å². The van der Waals surface area contributed by atoms with E-state index in [2.05, 4.69) is 29.2 Å². The molecular formula is C19H25N3O2. The zero-order chi connectivity index (χ0) is 17.4. The molecule has 0 radical (unpaired) electrons. The van der Waals surface area contributed by atoms with Crippen LogP contribution in [0.25, 0.3) is 0 Å². The van der Waals surface area contributed by atoms with Gasteiger partial charge >= 0.3 is 0 Å². The summed E-state index contributed by atoms with van der Waals surface area (Å²) < 4.78 is 0. The van der Waals surface area contributed by atoms with Gasteiger partial charge in [-0.2, -0.15) is 0 Å². The molecule has 1 unspecified atom stereocenters. The van der Waals surface area contributed by atoms with Crippen LogP contribution < -0.4 is 10.2 Å². The molecule has 128 valence electrons. The van der Waals surface area contributed by atoms with Crippen molar-refractivity contribution < 1.29 is 9.90 Å². The van der Waals surface area contributed by atoms with E-state index in [4.69, 9.17) is 0 Å². The number of aromatic nitrogens is 1. The number of pyridine rings is 1. The monoisotopic (exact) mass is 327 g/mol. The second-order valence-electron chi connectivity index (χ2n) is 5.83. The average molecular weight is 327 g/mol. The molecule has 0 aliphatic rings. The fraction of sp³-hybridized carbons (Fsp3) is 0.368. The quantitative estimate of drug-likeness (QED) is 0.782. The Bertz CT molecular complexity index is 629. The highest BCUT2D eigenvalue weighted by atomic mass is 16.3. The normalized spacial score (nSPS) is 11.8. The lowest BCUT2D eigenvalue weighted by molar-refractivity contribution is 0.0916. The minimum Gasteiger partial charge on any atom is -0.387 e. The lowest BCUT2D eigenvalue weighted by Gasteiger charge is -2.19. The molecule has 24 heavy (non-hydrogen) atoms. The van der Waals surface area contributed by atoms with E-state index < -0.39 is 6.10 Å². The van der Waals surface area contributed by atoms with E-state index >= 15 is 0 Å². The minimum atomic E-state index is -0.762. The second kappa shape index (κ2) is 9.03. The van der Waals surface area contributed by atoms with E-state index in [1.807, 2.05) is 24.3 Å². The molecular weight excluding hydrogens is 302 g/mol. The van der Waals surface area contributed by atoms with Crippen molar-refractivity contribution in [2.24, 2.45) is 0 Å². The van der Waals surface area contributed by atoms with Gasteiger partial charge in [-0.3, -0.25) is 9.78 Å². The number of hydrogen-bond donors (Lipinski definition) is 2. The van der Waals surface area contributed by atoms with Gasteiger partial charge in [-0.05, 0) is 36.8 Å². The summed E-state index contributed by atoms with van der Waals surface area (Å²) in [5, 5.41) is 12.8. The van der Waals surface area contributed by atoms with Crippen molar-refractivity contribution in [2.45, 2.75) is 25.9 Å². The van der Waals surface area contributed by atoms with Crippen molar-refractivity contribution in [2.75, 3.05) is 25.0 Å². The minimum absolute atomic E-state index is 0.155. The molecule has 1 aromatic heterocycles. The standard InChI is InChI=1S/C19H25N3O2/c1-3-4-12-22(2)17-9-7-15(8-10-17)19(24)21-14-18(23)16-6-5-11-20-13-16/h5-11,13,18,23H,3-4,12,14H2,1-2H3,(H,21,24). The zero-order valence-corrected chi connectivity index (χ0v) is 14.3. The van der Waals surface area contributed by atoms with Gasteiger partial charge in [-0.25, -0.2) is 0 Å². The fourth-order valence-electron chi connectivity index (χ4n) is 2.37. The largest absolute Gasteiger partial charge is 0.387 e. The highest BCUT2D eigenvalue weighted by Crippen LogP contribution is 2.15. The molecule has 1 atom stereocenters. The van der Waals surface area contributed by atoms with Gasteiger partial charge in [0.25, 0.3) is 5.91 Å². The van der Waals surface area contributed by atoms with Gasteiger partial charge in [-0.15, -0.1) is 0 Å². The average Bonchev–Trinajstić information content (AvgIpc) is 2.64. The summed E-state index contributed by atoms with van der Waals surface area (Å²) in [6.07, 6.45) is 4.78. The van der Waals surface area contributed by atoms with Gasteiger partial charge in [0, 0.05) is 49.3 Å². The molecule has 0 spiro atoms. The Morgan fingerprint density at radius 2 is 2.04 bits per heavy atom. The van der Waals surface area contributed by atoms with Crippen LogP contribution in [0.1, 0.15) is 41.8 Å². The van der Waals surface area contributed by atoms with Crippen LogP contribution in [0.5, 0.6) is 0 Å². The van der Waals surface area contributed by atoms with Gasteiger partial charge in [-0.1, -0.05) is 19.4 Å². The summed E-state index contributed by atoms with van der Waals surface area (Å²) in [5.41, 5.74) is 2.36. The Kier molecular flexibility index (Phi) is 6.75. The van der Waals surface area contributed by atoms with Crippen LogP contribution in [0.4, 0.5) is 5.69 Å². The molecule has 0 saturated carbocycles. The van der Waals surface area contributed by atoms with E-state index in [1.54, 1.807) is 24.5 Å². The van der Waals surface area contributed by atoms with Gasteiger partial charge in [0.05, 0.1) is 6.10 Å². The van der Waals surface area contributed by atoms with Crippen LogP contribution >= 0.6 is 0 Å². The summed E-state index contributed by atoms with van der Waals surface area (Å²) in [4.78, 5) is 18.3. The Balaban J connectivity index is 1.88. The predicted molar refractivity (Wildman–Crippen MR) is 96.2 cm³/mol. The zero-order valence-electron chi connectivity index (χ0n) is 14.3. The number of unbranched alkanes of at least 4 members (excludes halogenated alkanes) is 1. The first-order valence-electron chi connectivity index (χ1n) is 8.29. The molecule has 2 aromatic rings. The van der Waals surface area contributed by atoms with E-state index in [-0.39, 0.29) is 12.5 Å². The van der Waals surface area contributed by atoms with E-state index in [0.29, 0.717) is 11.1 Å². The van der Waals surface area contributed by atoms with Crippen molar-refractivity contribution in [3.8, 4) is 0 Å². The Hall–Kier alpha value is -2.40. The van der Waals surface area contributed by atoms with Crippen LogP contribution in [0.3, 0.4) is 0 Å². The van der Waals surface area contributed by atoms with Crippen molar-refractivity contribution >= 4 is 11.6 Å². The van der Waals surface area contributed by atoms with E-state index in [1.165, 1.54) is 0 Å². The first-order valence-corrected chi connectivity index (χ1v) is 8.29. The Labute approximate surface area is 143 Å². The van der Waals surface area contributed by atoms with Gasteiger partial charge in [0.15, 0.2) is 0 Å². The number of nitrogens with zero attached hydrogens (tertiary/aromatic N) is 2. The number of rotatable bonds is 8. The maximum atomic E-state index is 12.2. The third-order valence-electron chi connectivity index (χ3n) is 3.94. The van der Waals surface area contributed by atoms with Crippen LogP contribution in [-0.2, 0) is 0 Å². The molecule has 1 amide bonds. The number of hydrogen-bond acceptors (Lipinski definition) is 4. The molecule has 1 aromatic carbocycles.